The predicted molar refractivity (Wildman–Crippen MR) is 69.4 cm³/mol. The molecule has 0 saturated carbocycles. The molecule has 0 bridgehead atoms. The van der Waals surface area contributed by atoms with E-state index >= 15 is 0 Å². The van der Waals surface area contributed by atoms with E-state index < -0.39 is 34.1 Å². The Morgan fingerprint density at radius 3 is 2.41 bits per heavy atom. The maximum absolute atomic E-state index is 12.7. The van der Waals surface area contributed by atoms with Crippen LogP contribution in [0.1, 0.15) is 15.9 Å². The summed E-state index contributed by atoms with van der Waals surface area (Å²) in [6.45, 7) is 1.66. The molecule has 0 spiro atoms. The van der Waals surface area contributed by atoms with Crippen LogP contribution in [-0.2, 0) is 14.9 Å². The molecule has 0 heterocycles. The van der Waals surface area contributed by atoms with Gasteiger partial charge in [-0.3, -0.25) is 4.55 Å². The van der Waals surface area contributed by atoms with Gasteiger partial charge in [-0.05, 0) is 24.6 Å². The first-order valence-corrected chi connectivity index (χ1v) is 7.42. The van der Waals surface area contributed by atoms with Gasteiger partial charge >= 0.3 is 12.1 Å². The molecule has 0 saturated heterocycles. The highest BCUT2D eigenvalue weighted by molar-refractivity contribution is 7.85. The first-order chi connectivity index (χ1) is 9.94. The van der Waals surface area contributed by atoms with Crippen LogP contribution >= 0.6 is 0 Å². The molecule has 1 aromatic carbocycles. The van der Waals surface area contributed by atoms with Crippen molar-refractivity contribution in [1.82, 2.24) is 0 Å². The van der Waals surface area contributed by atoms with Crippen LogP contribution in [0.25, 0.3) is 0 Å². The number of carbonyl (C=O) groups excluding carboxylic acids is 1. The number of halogens is 3. The normalized spacial score (nSPS) is 13.5. The van der Waals surface area contributed by atoms with E-state index in [1.54, 1.807) is 6.92 Å². The highest BCUT2D eigenvalue weighted by Gasteiger charge is 2.45. The van der Waals surface area contributed by atoms with Gasteiger partial charge in [0.15, 0.2) is 0 Å². The second kappa shape index (κ2) is 6.53. The Labute approximate surface area is 124 Å². The number of aryl methyl sites for hydroxylation is 1. The van der Waals surface area contributed by atoms with Crippen LogP contribution in [0.2, 0.25) is 0 Å². The number of esters is 1. The topological polar surface area (TPSA) is 89.9 Å². The molecule has 0 aliphatic heterocycles. The molecule has 10 heteroatoms. The molecule has 1 N–H and O–H groups in total. The first-order valence-electron chi connectivity index (χ1n) is 5.81. The fourth-order valence-corrected chi connectivity index (χ4v) is 2.17. The summed E-state index contributed by atoms with van der Waals surface area (Å²) >= 11 is 0. The van der Waals surface area contributed by atoms with Crippen LogP contribution in [0.4, 0.5) is 13.2 Å². The summed E-state index contributed by atoms with van der Waals surface area (Å²) in [6, 6.07) is 3.81. The quantitative estimate of drug-likeness (QED) is 0.650. The third kappa shape index (κ3) is 5.19. The van der Waals surface area contributed by atoms with Gasteiger partial charge in [0.05, 0.1) is 12.7 Å². The van der Waals surface area contributed by atoms with Crippen molar-refractivity contribution in [2.45, 2.75) is 19.2 Å². The minimum absolute atomic E-state index is 0.243. The molecule has 1 aromatic rings. The molecule has 0 fully saturated rings. The fraction of sp³-hybridized carbons (Fsp3) is 0.417. The van der Waals surface area contributed by atoms with E-state index in [9.17, 15) is 26.4 Å². The maximum Gasteiger partial charge on any atom is 0.426 e. The average molecular weight is 342 g/mol. The van der Waals surface area contributed by atoms with Crippen molar-refractivity contribution < 1.29 is 40.4 Å². The van der Waals surface area contributed by atoms with Gasteiger partial charge in [-0.2, -0.15) is 21.6 Å². The lowest BCUT2D eigenvalue weighted by molar-refractivity contribution is -0.197. The number of carbonyl (C=O) groups is 1. The summed E-state index contributed by atoms with van der Waals surface area (Å²) in [7, 11) is -3.66. The summed E-state index contributed by atoms with van der Waals surface area (Å²) in [5, 5.41) is 0. The van der Waals surface area contributed by atoms with Crippen molar-refractivity contribution in [3.05, 3.63) is 29.3 Å². The van der Waals surface area contributed by atoms with E-state index in [4.69, 9.17) is 9.29 Å². The van der Waals surface area contributed by atoms with Gasteiger partial charge in [-0.1, -0.05) is 6.07 Å². The number of alkyl halides is 3. The second-order valence-corrected chi connectivity index (χ2v) is 5.87. The molecule has 0 aliphatic carbocycles. The van der Waals surface area contributed by atoms with E-state index in [0.717, 1.165) is 0 Å². The Morgan fingerprint density at radius 1 is 1.36 bits per heavy atom. The molecule has 0 amide bonds. The largest absolute Gasteiger partial charge is 0.496 e. The lowest BCUT2D eigenvalue weighted by Gasteiger charge is -2.19. The van der Waals surface area contributed by atoms with Crippen molar-refractivity contribution in [3.8, 4) is 5.75 Å². The number of methoxy groups -OCH3 is 1. The van der Waals surface area contributed by atoms with Crippen LogP contribution < -0.4 is 4.74 Å². The Hall–Kier alpha value is -1.81. The SMILES string of the molecule is COc1cc(C(=O)OC(CS(=O)(=O)O)C(F)(F)F)ccc1C. The summed E-state index contributed by atoms with van der Waals surface area (Å²) in [6.07, 6.45) is -8.11. The summed E-state index contributed by atoms with van der Waals surface area (Å²) in [4.78, 5) is 11.7. The Morgan fingerprint density at radius 2 is 1.95 bits per heavy atom. The van der Waals surface area contributed by atoms with Crippen molar-refractivity contribution in [3.63, 3.8) is 0 Å². The van der Waals surface area contributed by atoms with Crippen molar-refractivity contribution in [2.75, 3.05) is 12.9 Å². The molecule has 124 valence electrons. The van der Waals surface area contributed by atoms with Gasteiger partial charge in [0, 0.05) is 0 Å². The smallest absolute Gasteiger partial charge is 0.426 e. The van der Waals surface area contributed by atoms with Crippen LogP contribution in [0.3, 0.4) is 0 Å². The van der Waals surface area contributed by atoms with Crippen LogP contribution in [0.5, 0.6) is 5.75 Å². The Balaban J connectivity index is 3.01. The van der Waals surface area contributed by atoms with Crippen molar-refractivity contribution in [1.29, 1.82) is 0 Å². The van der Waals surface area contributed by atoms with Crippen molar-refractivity contribution >= 4 is 16.1 Å². The molecule has 1 rings (SSSR count). The van der Waals surface area contributed by atoms with Gasteiger partial charge in [-0.15, -0.1) is 0 Å². The lowest BCUT2D eigenvalue weighted by Crippen LogP contribution is -2.39. The first kappa shape index (κ1) is 18.2. The van der Waals surface area contributed by atoms with E-state index in [1.165, 1.54) is 25.3 Å². The zero-order valence-corrected chi connectivity index (χ0v) is 12.4. The summed E-state index contributed by atoms with van der Waals surface area (Å²) in [5.41, 5.74) is 0.399. The molecule has 1 atom stereocenters. The van der Waals surface area contributed by atoms with Gasteiger partial charge in [0.1, 0.15) is 11.5 Å². The predicted octanol–water partition coefficient (Wildman–Crippen LogP) is 1.98. The second-order valence-electron chi connectivity index (χ2n) is 4.37. The van der Waals surface area contributed by atoms with Crippen LogP contribution in [-0.4, -0.2) is 44.1 Å². The standard InChI is InChI=1S/C12H13F3O6S/c1-7-3-4-8(5-9(7)20-2)11(16)21-10(12(13,14)15)6-22(17,18)19/h3-5,10H,6H2,1-2H3,(H,17,18,19). The lowest BCUT2D eigenvalue weighted by atomic mass is 10.1. The third-order valence-corrected chi connectivity index (χ3v) is 3.34. The minimum Gasteiger partial charge on any atom is -0.496 e. The number of hydrogen-bond acceptors (Lipinski definition) is 5. The van der Waals surface area contributed by atoms with Gasteiger partial charge in [-0.25, -0.2) is 4.79 Å². The maximum atomic E-state index is 12.7. The summed E-state index contributed by atoms with van der Waals surface area (Å²) in [5.74, 6) is -2.90. The fourth-order valence-electron chi connectivity index (χ4n) is 1.53. The molecule has 0 radical (unpaired) electrons. The Kier molecular flexibility index (Phi) is 5.41. The molecular weight excluding hydrogens is 329 g/mol. The number of hydrogen-bond donors (Lipinski definition) is 1. The van der Waals surface area contributed by atoms with E-state index in [1.807, 2.05) is 0 Å². The highest BCUT2D eigenvalue weighted by Crippen LogP contribution is 2.26. The van der Waals surface area contributed by atoms with E-state index in [-0.39, 0.29) is 11.3 Å². The monoisotopic (exact) mass is 342 g/mol. The number of benzene rings is 1. The van der Waals surface area contributed by atoms with Crippen LogP contribution in [0.15, 0.2) is 18.2 Å². The molecule has 0 aliphatic rings. The zero-order chi connectivity index (χ0) is 17.1. The average Bonchev–Trinajstić information content (AvgIpc) is 2.35. The zero-order valence-electron chi connectivity index (χ0n) is 11.5. The minimum atomic E-state index is -5.14. The van der Waals surface area contributed by atoms with Crippen LogP contribution in [0, 0.1) is 6.92 Å². The molecular formula is C12H13F3O6S. The van der Waals surface area contributed by atoms with E-state index in [2.05, 4.69) is 4.74 Å². The highest BCUT2D eigenvalue weighted by atomic mass is 32.2. The number of ether oxygens (including phenoxy) is 2. The summed E-state index contributed by atoms with van der Waals surface area (Å²) < 4.78 is 76.8. The molecule has 0 aromatic heterocycles. The molecule has 22 heavy (non-hydrogen) atoms. The van der Waals surface area contributed by atoms with Gasteiger partial charge < -0.3 is 9.47 Å². The Bertz CT molecular complexity index is 653. The molecule has 1 unspecified atom stereocenters. The van der Waals surface area contributed by atoms with E-state index in [0.29, 0.717) is 5.56 Å². The van der Waals surface area contributed by atoms with Gasteiger partial charge in [0.25, 0.3) is 10.1 Å². The number of rotatable bonds is 5. The van der Waals surface area contributed by atoms with Crippen molar-refractivity contribution in [2.24, 2.45) is 0 Å². The van der Waals surface area contributed by atoms with Gasteiger partial charge in [0.2, 0.25) is 6.10 Å². The third-order valence-electron chi connectivity index (χ3n) is 2.62. The molecule has 6 nitrogen and oxygen atoms in total.